The number of ether oxygens (including phenoxy) is 1. The second-order valence-electron chi connectivity index (χ2n) is 5.41. The molecule has 0 aromatic rings. The third-order valence-corrected chi connectivity index (χ3v) is 2.63. The maximum Gasteiger partial charge on any atom is 0.330 e. The highest BCUT2D eigenvalue weighted by atomic mass is 16.5. The summed E-state index contributed by atoms with van der Waals surface area (Å²) in [5, 5.41) is 6.21. The molecule has 1 saturated heterocycles. The zero-order chi connectivity index (χ0) is 12.2. The molecular weight excluding hydrogens is 204 g/mol. The van der Waals surface area contributed by atoms with Gasteiger partial charge in [0.05, 0.1) is 7.11 Å². The lowest BCUT2D eigenvalue weighted by atomic mass is 9.93. The first kappa shape index (κ1) is 13.0. The number of rotatable bonds is 3. The summed E-state index contributed by atoms with van der Waals surface area (Å²) in [6, 6.07) is -0.179. The van der Waals surface area contributed by atoms with E-state index in [9.17, 15) is 4.79 Å². The van der Waals surface area contributed by atoms with Crippen LogP contribution in [0, 0.1) is 5.41 Å². The topological polar surface area (TPSA) is 41.9 Å². The average Bonchev–Trinajstić information content (AvgIpc) is 2.63. The first-order valence-electron chi connectivity index (χ1n) is 5.81. The van der Waals surface area contributed by atoms with Gasteiger partial charge in [0.15, 0.2) is 0 Å². The lowest BCUT2D eigenvalue weighted by Gasteiger charge is -2.20. The van der Waals surface area contributed by atoms with Crippen molar-refractivity contribution < 1.29 is 9.53 Å². The molecule has 0 saturated carbocycles. The first-order chi connectivity index (χ1) is 7.44. The van der Waals surface area contributed by atoms with Gasteiger partial charge in [0, 0.05) is 12.8 Å². The molecule has 1 aliphatic rings. The Balaban J connectivity index is 2.50. The molecule has 1 atom stereocenters. The highest BCUT2D eigenvalue weighted by molar-refractivity contribution is 5.76. The van der Waals surface area contributed by atoms with Crippen LogP contribution in [0.25, 0.3) is 0 Å². The lowest BCUT2D eigenvalue weighted by molar-refractivity contribution is -0.145. The molecule has 1 fully saturated rings. The molecule has 0 spiro atoms. The third-order valence-electron chi connectivity index (χ3n) is 2.63. The van der Waals surface area contributed by atoms with Gasteiger partial charge in [-0.25, -0.2) is 4.79 Å². The summed E-state index contributed by atoms with van der Waals surface area (Å²) in [4.78, 5) is 11.4. The molecule has 92 valence electrons. The fourth-order valence-electron chi connectivity index (χ4n) is 1.68. The van der Waals surface area contributed by atoms with E-state index in [1.54, 1.807) is 0 Å². The maximum atomic E-state index is 11.4. The number of hydrazone groups is 1. The standard InChI is InChI=1S/C12H22N2O2/c1-12(2,3)7-8-13-14-9-5-6-10(14)11(15)16-4/h8,10H,5-7,9H2,1-4H3/b13-8+. The normalized spacial score (nSPS) is 21.8. The predicted molar refractivity (Wildman–Crippen MR) is 64.3 cm³/mol. The average molecular weight is 226 g/mol. The van der Waals surface area contributed by atoms with E-state index in [0.717, 1.165) is 25.8 Å². The van der Waals surface area contributed by atoms with E-state index in [-0.39, 0.29) is 17.4 Å². The highest BCUT2D eigenvalue weighted by Gasteiger charge is 2.30. The molecule has 0 aliphatic carbocycles. The Morgan fingerprint density at radius 1 is 1.56 bits per heavy atom. The maximum absolute atomic E-state index is 11.4. The molecule has 1 aliphatic heterocycles. The number of hydrogen-bond acceptors (Lipinski definition) is 4. The second-order valence-corrected chi connectivity index (χ2v) is 5.41. The molecule has 1 unspecified atom stereocenters. The summed E-state index contributed by atoms with van der Waals surface area (Å²) in [5.41, 5.74) is 0.240. The molecule has 0 radical (unpaired) electrons. The molecule has 1 heterocycles. The minimum Gasteiger partial charge on any atom is -0.467 e. The van der Waals surface area contributed by atoms with Gasteiger partial charge in [0.2, 0.25) is 0 Å². The van der Waals surface area contributed by atoms with E-state index in [1.807, 2.05) is 11.2 Å². The minimum absolute atomic E-state index is 0.176. The van der Waals surface area contributed by atoms with Gasteiger partial charge in [-0.05, 0) is 24.7 Å². The number of esters is 1. The Morgan fingerprint density at radius 3 is 2.81 bits per heavy atom. The van der Waals surface area contributed by atoms with Crippen LogP contribution in [0.1, 0.15) is 40.0 Å². The quantitative estimate of drug-likeness (QED) is 0.546. The molecule has 0 amide bonds. The molecule has 4 heteroatoms. The van der Waals surface area contributed by atoms with E-state index in [0.29, 0.717) is 0 Å². The van der Waals surface area contributed by atoms with Crippen LogP contribution >= 0.6 is 0 Å². The predicted octanol–water partition coefficient (Wildman–Crippen LogP) is 2.05. The lowest BCUT2D eigenvalue weighted by Crippen LogP contribution is -2.33. The van der Waals surface area contributed by atoms with Gasteiger partial charge in [-0.15, -0.1) is 0 Å². The molecule has 0 aromatic carbocycles. The van der Waals surface area contributed by atoms with Gasteiger partial charge < -0.3 is 4.74 Å². The summed E-state index contributed by atoms with van der Waals surface area (Å²) >= 11 is 0. The Bertz CT molecular complexity index is 269. The van der Waals surface area contributed by atoms with Crippen molar-refractivity contribution in [2.45, 2.75) is 46.1 Å². The summed E-state index contributed by atoms with van der Waals surface area (Å²) in [7, 11) is 1.43. The minimum atomic E-state index is -0.179. The molecule has 16 heavy (non-hydrogen) atoms. The number of carbonyl (C=O) groups is 1. The molecule has 0 bridgehead atoms. The molecule has 0 N–H and O–H groups in total. The van der Waals surface area contributed by atoms with Crippen molar-refractivity contribution in [1.29, 1.82) is 0 Å². The van der Waals surface area contributed by atoms with Gasteiger partial charge in [0.25, 0.3) is 0 Å². The van der Waals surface area contributed by atoms with Crippen molar-refractivity contribution in [2.75, 3.05) is 13.7 Å². The number of hydrogen-bond donors (Lipinski definition) is 0. The Labute approximate surface area is 97.6 Å². The first-order valence-corrected chi connectivity index (χ1v) is 5.81. The molecular formula is C12H22N2O2. The van der Waals surface area contributed by atoms with Crippen LogP contribution in [-0.4, -0.2) is 36.9 Å². The molecule has 1 rings (SSSR count). The van der Waals surface area contributed by atoms with Crippen molar-refractivity contribution in [3.8, 4) is 0 Å². The van der Waals surface area contributed by atoms with Crippen LogP contribution in [0.4, 0.5) is 0 Å². The smallest absolute Gasteiger partial charge is 0.330 e. The summed E-state index contributed by atoms with van der Waals surface area (Å²) in [6.07, 6.45) is 4.67. The summed E-state index contributed by atoms with van der Waals surface area (Å²) in [5.74, 6) is -0.176. The van der Waals surface area contributed by atoms with Crippen LogP contribution in [-0.2, 0) is 9.53 Å². The summed E-state index contributed by atoms with van der Waals surface area (Å²) < 4.78 is 4.76. The van der Waals surface area contributed by atoms with Crippen LogP contribution in [0.2, 0.25) is 0 Å². The van der Waals surface area contributed by atoms with Crippen LogP contribution in [0.15, 0.2) is 5.10 Å². The van der Waals surface area contributed by atoms with Crippen molar-refractivity contribution in [3.05, 3.63) is 0 Å². The monoisotopic (exact) mass is 226 g/mol. The second kappa shape index (κ2) is 5.32. The Hall–Kier alpha value is -1.06. The van der Waals surface area contributed by atoms with Gasteiger partial charge in [0.1, 0.15) is 6.04 Å². The zero-order valence-corrected chi connectivity index (χ0v) is 10.7. The fraction of sp³-hybridized carbons (Fsp3) is 0.833. The summed E-state index contributed by atoms with van der Waals surface area (Å²) in [6.45, 7) is 7.35. The van der Waals surface area contributed by atoms with E-state index >= 15 is 0 Å². The van der Waals surface area contributed by atoms with E-state index < -0.39 is 0 Å². The Morgan fingerprint density at radius 2 is 2.25 bits per heavy atom. The van der Waals surface area contributed by atoms with Crippen LogP contribution in [0.5, 0.6) is 0 Å². The van der Waals surface area contributed by atoms with Gasteiger partial charge in [-0.3, -0.25) is 5.01 Å². The van der Waals surface area contributed by atoms with Crippen molar-refractivity contribution in [1.82, 2.24) is 5.01 Å². The van der Waals surface area contributed by atoms with Crippen molar-refractivity contribution in [3.63, 3.8) is 0 Å². The van der Waals surface area contributed by atoms with Gasteiger partial charge >= 0.3 is 5.97 Å². The number of methoxy groups -OCH3 is 1. The van der Waals surface area contributed by atoms with E-state index in [2.05, 4.69) is 25.9 Å². The van der Waals surface area contributed by atoms with Crippen LogP contribution < -0.4 is 0 Å². The highest BCUT2D eigenvalue weighted by Crippen LogP contribution is 2.20. The number of carbonyl (C=O) groups excluding carboxylic acids is 1. The SMILES string of the molecule is COC(=O)C1CCCN1/N=C/CC(C)(C)C. The van der Waals surface area contributed by atoms with Gasteiger partial charge in [-0.1, -0.05) is 20.8 Å². The van der Waals surface area contributed by atoms with E-state index in [1.165, 1.54) is 7.11 Å². The van der Waals surface area contributed by atoms with E-state index in [4.69, 9.17) is 4.74 Å². The van der Waals surface area contributed by atoms with Crippen molar-refractivity contribution in [2.24, 2.45) is 10.5 Å². The zero-order valence-electron chi connectivity index (χ0n) is 10.7. The fourth-order valence-corrected chi connectivity index (χ4v) is 1.68. The number of nitrogens with zero attached hydrogens (tertiary/aromatic N) is 2. The van der Waals surface area contributed by atoms with Crippen LogP contribution in [0.3, 0.4) is 0 Å². The Kier molecular flexibility index (Phi) is 4.33. The van der Waals surface area contributed by atoms with Crippen molar-refractivity contribution >= 4 is 12.2 Å². The molecule has 4 nitrogen and oxygen atoms in total. The van der Waals surface area contributed by atoms with Gasteiger partial charge in [-0.2, -0.15) is 5.10 Å². The third kappa shape index (κ3) is 3.83. The molecule has 0 aromatic heterocycles. The largest absolute Gasteiger partial charge is 0.467 e.